The van der Waals surface area contributed by atoms with Gasteiger partial charge in [0, 0.05) is 18.3 Å². The first-order chi connectivity index (χ1) is 10.0. The summed E-state index contributed by atoms with van der Waals surface area (Å²) < 4.78 is 4.95. The molecule has 0 saturated carbocycles. The van der Waals surface area contributed by atoms with Crippen LogP contribution in [0.2, 0.25) is 0 Å². The van der Waals surface area contributed by atoms with E-state index in [1.54, 1.807) is 12.1 Å². The topological polar surface area (TPSA) is 97.5 Å². The Morgan fingerprint density at radius 2 is 2.19 bits per heavy atom. The molecule has 0 unspecified atom stereocenters. The van der Waals surface area contributed by atoms with Gasteiger partial charge in [0.25, 0.3) is 0 Å². The van der Waals surface area contributed by atoms with Crippen molar-refractivity contribution in [3.05, 3.63) is 51.7 Å². The number of aromatic nitrogens is 1. The van der Waals surface area contributed by atoms with Gasteiger partial charge in [0.15, 0.2) is 5.75 Å². The SMILES string of the molecule is COc1cc(CNc2cccc(C)n2)cc([N+](=O)[O-])c1O. The van der Waals surface area contributed by atoms with Crippen LogP contribution in [0.4, 0.5) is 11.5 Å². The molecule has 2 N–H and O–H groups in total. The van der Waals surface area contributed by atoms with E-state index in [0.29, 0.717) is 17.9 Å². The van der Waals surface area contributed by atoms with E-state index in [0.717, 1.165) is 5.69 Å². The maximum atomic E-state index is 10.9. The molecule has 1 heterocycles. The highest BCUT2D eigenvalue weighted by Gasteiger charge is 2.19. The molecule has 7 nitrogen and oxygen atoms in total. The second-order valence-electron chi connectivity index (χ2n) is 4.44. The quantitative estimate of drug-likeness (QED) is 0.648. The smallest absolute Gasteiger partial charge is 0.315 e. The number of aromatic hydroxyl groups is 1. The van der Waals surface area contributed by atoms with Gasteiger partial charge in [-0.2, -0.15) is 0 Å². The largest absolute Gasteiger partial charge is 0.500 e. The normalized spacial score (nSPS) is 10.2. The zero-order valence-electron chi connectivity index (χ0n) is 11.7. The molecule has 7 heteroatoms. The van der Waals surface area contributed by atoms with E-state index < -0.39 is 10.7 Å². The molecule has 2 aromatic rings. The fraction of sp³-hybridized carbons (Fsp3) is 0.214. The predicted octanol–water partition coefficient (Wildman–Crippen LogP) is 2.62. The summed E-state index contributed by atoms with van der Waals surface area (Å²) in [4.78, 5) is 14.6. The number of phenols is 1. The molecule has 1 aromatic carbocycles. The van der Waals surface area contributed by atoms with Crippen molar-refractivity contribution in [3.8, 4) is 11.5 Å². The Labute approximate surface area is 121 Å². The summed E-state index contributed by atoms with van der Waals surface area (Å²) in [6.45, 7) is 2.20. The van der Waals surface area contributed by atoms with Gasteiger partial charge in [-0.15, -0.1) is 0 Å². The van der Waals surface area contributed by atoms with Gasteiger partial charge < -0.3 is 15.2 Å². The summed E-state index contributed by atoms with van der Waals surface area (Å²) in [5, 5.41) is 23.7. The Kier molecular flexibility index (Phi) is 4.22. The fourth-order valence-electron chi connectivity index (χ4n) is 1.88. The van der Waals surface area contributed by atoms with Crippen molar-refractivity contribution >= 4 is 11.5 Å². The Hall–Kier alpha value is -2.83. The highest BCUT2D eigenvalue weighted by atomic mass is 16.6. The third-order valence-electron chi connectivity index (χ3n) is 2.89. The van der Waals surface area contributed by atoms with E-state index in [1.165, 1.54) is 13.2 Å². The first-order valence-electron chi connectivity index (χ1n) is 6.23. The average molecular weight is 289 g/mol. The van der Waals surface area contributed by atoms with Gasteiger partial charge in [-0.3, -0.25) is 10.1 Å². The summed E-state index contributed by atoms with van der Waals surface area (Å²) >= 11 is 0. The molecular formula is C14H15N3O4. The lowest BCUT2D eigenvalue weighted by molar-refractivity contribution is -0.386. The van der Waals surface area contributed by atoms with Gasteiger partial charge in [0.2, 0.25) is 5.75 Å². The van der Waals surface area contributed by atoms with Gasteiger partial charge >= 0.3 is 5.69 Å². The number of nitro benzene ring substituents is 1. The van der Waals surface area contributed by atoms with Crippen LogP contribution < -0.4 is 10.1 Å². The minimum atomic E-state index is -0.647. The van der Waals surface area contributed by atoms with Crippen LogP contribution in [-0.2, 0) is 6.54 Å². The Morgan fingerprint density at radius 1 is 1.43 bits per heavy atom. The number of nitro groups is 1. The lowest BCUT2D eigenvalue weighted by Crippen LogP contribution is -2.03. The standard InChI is InChI=1S/C14H15N3O4/c1-9-4-3-5-13(16-9)15-8-10-6-11(17(19)20)14(18)12(7-10)21-2/h3-7,18H,8H2,1-2H3,(H,15,16). The number of ether oxygens (including phenoxy) is 1. The number of hydrogen-bond donors (Lipinski definition) is 2. The van der Waals surface area contributed by atoms with Crippen LogP contribution in [0.25, 0.3) is 0 Å². The van der Waals surface area contributed by atoms with Crippen molar-refractivity contribution in [2.45, 2.75) is 13.5 Å². The van der Waals surface area contributed by atoms with Crippen LogP contribution in [0.3, 0.4) is 0 Å². The molecule has 0 fully saturated rings. The van der Waals surface area contributed by atoms with E-state index in [9.17, 15) is 15.2 Å². The van der Waals surface area contributed by atoms with E-state index in [-0.39, 0.29) is 11.4 Å². The molecular weight excluding hydrogens is 274 g/mol. The summed E-state index contributed by atoms with van der Waals surface area (Å²) in [6, 6.07) is 8.40. The summed E-state index contributed by atoms with van der Waals surface area (Å²) in [7, 11) is 1.35. The van der Waals surface area contributed by atoms with Crippen molar-refractivity contribution < 1.29 is 14.8 Å². The predicted molar refractivity (Wildman–Crippen MR) is 77.6 cm³/mol. The fourth-order valence-corrected chi connectivity index (χ4v) is 1.88. The first-order valence-corrected chi connectivity index (χ1v) is 6.23. The van der Waals surface area contributed by atoms with Crippen LogP contribution in [0, 0.1) is 17.0 Å². The molecule has 0 spiro atoms. The molecule has 0 atom stereocenters. The number of anilines is 1. The molecule has 21 heavy (non-hydrogen) atoms. The molecule has 2 rings (SSSR count). The minimum Gasteiger partial charge on any atom is -0.500 e. The van der Waals surface area contributed by atoms with Crippen molar-refractivity contribution in [3.63, 3.8) is 0 Å². The number of nitrogens with one attached hydrogen (secondary N) is 1. The van der Waals surface area contributed by atoms with Crippen LogP contribution in [0.15, 0.2) is 30.3 Å². The number of methoxy groups -OCH3 is 1. The number of aryl methyl sites for hydroxylation is 1. The second-order valence-corrected chi connectivity index (χ2v) is 4.44. The molecule has 0 aliphatic carbocycles. The number of nitrogens with zero attached hydrogens (tertiary/aromatic N) is 2. The molecule has 0 aliphatic rings. The summed E-state index contributed by atoms with van der Waals surface area (Å²) in [5.41, 5.74) is 1.09. The molecule has 0 aliphatic heterocycles. The Balaban J connectivity index is 2.24. The minimum absolute atomic E-state index is 0.0678. The number of benzene rings is 1. The van der Waals surface area contributed by atoms with Crippen LogP contribution in [0.5, 0.6) is 11.5 Å². The summed E-state index contributed by atoms with van der Waals surface area (Å²) in [6.07, 6.45) is 0. The van der Waals surface area contributed by atoms with E-state index >= 15 is 0 Å². The third kappa shape index (κ3) is 3.38. The van der Waals surface area contributed by atoms with E-state index in [2.05, 4.69) is 10.3 Å². The second kappa shape index (κ2) is 6.08. The number of rotatable bonds is 5. The van der Waals surface area contributed by atoms with Gasteiger partial charge in [0.05, 0.1) is 12.0 Å². The van der Waals surface area contributed by atoms with Crippen molar-refractivity contribution in [1.82, 2.24) is 4.98 Å². The zero-order valence-corrected chi connectivity index (χ0v) is 11.7. The molecule has 110 valence electrons. The lowest BCUT2D eigenvalue weighted by Gasteiger charge is -2.09. The van der Waals surface area contributed by atoms with Gasteiger partial charge in [-0.05, 0) is 30.7 Å². The van der Waals surface area contributed by atoms with E-state index in [4.69, 9.17) is 4.74 Å². The van der Waals surface area contributed by atoms with Crippen LogP contribution in [0.1, 0.15) is 11.3 Å². The van der Waals surface area contributed by atoms with Crippen molar-refractivity contribution in [2.24, 2.45) is 0 Å². The van der Waals surface area contributed by atoms with E-state index in [1.807, 2.05) is 19.1 Å². The van der Waals surface area contributed by atoms with Gasteiger partial charge in [0.1, 0.15) is 5.82 Å². The molecule has 0 saturated heterocycles. The van der Waals surface area contributed by atoms with Crippen LogP contribution >= 0.6 is 0 Å². The monoisotopic (exact) mass is 289 g/mol. The number of hydrogen-bond acceptors (Lipinski definition) is 6. The molecule has 0 bridgehead atoms. The first kappa shape index (κ1) is 14.6. The maximum absolute atomic E-state index is 10.9. The molecule has 0 radical (unpaired) electrons. The highest BCUT2D eigenvalue weighted by molar-refractivity contribution is 5.57. The molecule has 0 amide bonds. The zero-order chi connectivity index (χ0) is 15.4. The highest BCUT2D eigenvalue weighted by Crippen LogP contribution is 2.36. The Morgan fingerprint density at radius 3 is 2.81 bits per heavy atom. The number of phenolic OH excluding ortho intramolecular Hbond substituents is 1. The summed E-state index contributed by atoms with van der Waals surface area (Å²) in [5.74, 6) is 0.267. The van der Waals surface area contributed by atoms with Crippen LogP contribution in [-0.4, -0.2) is 22.1 Å². The lowest BCUT2D eigenvalue weighted by atomic mass is 10.1. The molecule has 1 aromatic heterocycles. The van der Waals surface area contributed by atoms with Crippen molar-refractivity contribution in [2.75, 3.05) is 12.4 Å². The van der Waals surface area contributed by atoms with Gasteiger partial charge in [-0.1, -0.05) is 6.07 Å². The van der Waals surface area contributed by atoms with Gasteiger partial charge in [-0.25, -0.2) is 4.98 Å². The average Bonchev–Trinajstić information content (AvgIpc) is 2.46. The van der Waals surface area contributed by atoms with Crippen molar-refractivity contribution in [1.29, 1.82) is 0 Å². The number of pyridine rings is 1. The maximum Gasteiger partial charge on any atom is 0.315 e. The third-order valence-corrected chi connectivity index (χ3v) is 2.89. The Bertz CT molecular complexity index is 673.